The van der Waals surface area contributed by atoms with Crippen molar-refractivity contribution in [2.24, 2.45) is 5.92 Å². The fourth-order valence-electron chi connectivity index (χ4n) is 3.36. The highest BCUT2D eigenvalue weighted by molar-refractivity contribution is 7.99. The molecule has 1 amide bonds. The van der Waals surface area contributed by atoms with Crippen LogP contribution >= 0.6 is 11.8 Å². The second kappa shape index (κ2) is 9.40. The zero-order chi connectivity index (χ0) is 17.6. The molecule has 0 atom stereocenters. The summed E-state index contributed by atoms with van der Waals surface area (Å²) in [6.45, 7) is 1.57. The van der Waals surface area contributed by atoms with Gasteiger partial charge in [0.25, 0.3) is 10.2 Å². The summed E-state index contributed by atoms with van der Waals surface area (Å²) in [5.74, 6) is 1.00. The van der Waals surface area contributed by atoms with Crippen LogP contribution < -0.4 is 5.32 Å². The molecule has 0 aromatic heterocycles. The highest BCUT2D eigenvalue weighted by atomic mass is 32.2. The highest BCUT2D eigenvalue weighted by Crippen LogP contribution is 2.27. The molecule has 8 heteroatoms. The number of piperidine rings is 1. The Morgan fingerprint density at radius 3 is 2.33 bits per heavy atom. The number of hydrogen-bond acceptors (Lipinski definition) is 4. The van der Waals surface area contributed by atoms with E-state index in [9.17, 15) is 13.2 Å². The van der Waals surface area contributed by atoms with Gasteiger partial charge in [-0.05, 0) is 25.7 Å². The van der Waals surface area contributed by atoms with E-state index in [1.54, 1.807) is 0 Å². The Labute approximate surface area is 150 Å². The molecule has 2 fully saturated rings. The quantitative estimate of drug-likeness (QED) is 0.686. The fraction of sp³-hybridized carbons (Fsp3) is 0.938. The molecule has 1 saturated carbocycles. The summed E-state index contributed by atoms with van der Waals surface area (Å²) in [5, 5.41) is 3.80. The summed E-state index contributed by atoms with van der Waals surface area (Å²) < 4.78 is 26.8. The second-order valence-electron chi connectivity index (χ2n) is 6.89. The lowest BCUT2D eigenvalue weighted by molar-refractivity contribution is -0.125. The van der Waals surface area contributed by atoms with E-state index in [0.29, 0.717) is 25.9 Å². The molecule has 0 unspecified atom stereocenters. The second-order valence-corrected chi connectivity index (χ2v) is 10.4. The normalized spacial score (nSPS) is 22.0. The number of amides is 1. The molecule has 1 heterocycles. The van der Waals surface area contributed by atoms with E-state index in [-0.39, 0.29) is 11.8 Å². The number of nitrogens with one attached hydrogen (secondary N) is 1. The zero-order valence-corrected chi connectivity index (χ0v) is 16.5. The van der Waals surface area contributed by atoms with Crippen molar-refractivity contribution in [3.8, 4) is 0 Å². The van der Waals surface area contributed by atoms with Gasteiger partial charge < -0.3 is 5.32 Å². The summed E-state index contributed by atoms with van der Waals surface area (Å²) in [7, 11) is -0.271. The third-order valence-corrected chi connectivity index (χ3v) is 8.24. The average Bonchev–Trinajstić information content (AvgIpc) is 2.59. The lowest BCUT2D eigenvalue weighted by atomic mass is 9.97. The first-order valence-electron chi connectivity index (χ1n) is 8.98. The van der Waals surface area contributed by atoms with Crippen LogP contribution in [-0.4, -0.2) is 67.7 Å². The van der Waals surface area contributed by atoms with Crippen molar-refractivity contribution in [3.05, 3.63) is 0 Å². The third-order valence-electron chi connectivity index (χ3n) is 4.92. The molecule has 0 aromatic carbocycles. The van der Waals surface area contributed by atoms with E-state index in [1.807, 2.05) is 11.8 Å². The summed E-state index contributed by atoms with van der Waals surface area (Å²) >= 11 is 1.99. The number of hydrogen-bond donors (Lipinski definition) is 1. The Morgan fingerprint density at radius 1 is 1.12 bits per heavy atom. The fourth-order valence-corrected chi connectivity index (χ4v) is 5.71. The standard InChI is InChI=1S/C16H31N3O3S2/c1-18(2)24(21,22)19-11-8-14(9-12-19)16(20)17-10-13-23-15-6-4-3-5-7-15/h14-15H,3-13H2,1-2H3,(H,17,20). The van der Waals surface area contributed by atoms with Crippen molar-refractivity contribution in [2.45, 2.75) is 50.2 Å². The van der Waals surface area contributed by atoms with Crippen LogP contribution in [0.1, 0.15) is 44.9 Å². The predicted octanol–water partition coefficient (Wildman–Crippen LogP) is 1.69. The molecule has 24 heavy (non-hydrogen) atoms. The van der Waals surface area contributed by atoms with Gasteiger partial charge in [0, 0.05) is 50.7 Å². The SMILES string of the molecule is CN(C)S(=O)(=O)N1CCC(C(=O)NCCSC2CCCCC2)CC1. The number of carbonyl (C=O) groups is 1. The van der Waals surface area contributed by atoms with Gasteiger partial charge in [-0.1, -0.05) is 19.3 Å². The molecular weight excluding hydrogens is 346 g/mol. The number of carbonyl (C=O) groups excluding carboxylic acids is 1. The first-order valence-corrected chi connectivity index (χ1v) is 11.4. The molecule has 0 spiro atoms. The molecule has 1 N–H and O–H groups in total. The van der Waals surface area contributed by atoms with Crippen LogP contribution in [0.5, 0.6) is 0 Å². The van der Waals surface area contributed by atoms with Crippen molar-refractivity contribution in [1.29, 1.82) is 0 Å². The molecule has 2 rings (SSSR count). The topological polar surface area (TPSA) is 69.7 Å². The minimum atomic E-state index is -3.35. The van der Waals surface area contributed by atoms with E-state index in [0.717, 1.165) is 17.5 Å². The average molecular weight is 378 g/mol. The lowest BCUT2D eigenvalue weighted by Crippen LogP contribution is -2.47. The highest BCUT2D eigenvalue weighted by Gasteiger charge is 2.32. The van der Waals surface area contributed by atoms with E-state index >= 15 is 0 Å². The third kappa shape index (κ3) is 5.61. The van der Waals surface area contributed by atoms with Crippen LogP contribution in [0.3, 0.4) is 0 Å². The van der Waals surface area contributed by atoms with Crippen molar-refractivity contribution in [1.82, 2.24) is 13.9 Å². The van der Waals surface area contributed by atoms with E-state index in [4.69, 9.17) is 0 Å². The Kier molecular flexibility index (Phi) is 7.84. The minimum Gasteiger partial charge on any atom is -0.355 e. The minimum absolute atomic E-state index is 0.0571. The number of nitrogens with zero attached hydrogens (tertiary/aromatic N) is 2. The van der Waals surface area contributed by atoms with Gasteiger partial charge in [0.15, 0.2) is 0 Å². The summed E-state index contributed by atoms with van der Waals surface area (Å²) in [6, 6.07) is 0. The summed E-state index contributed by atoms with van der Waals surface area (Å²) in [6.07, 6.45) is 7.91. The molecule has 140 valence electrons. The lowest BCUT2D eigenvalue weighted by Gasteiger charge is -2.32. The van der Waals surface area contributed by atoms with Gasteiger partial charge in [0.2, 0.25) is 5.91 Å². The molecule has 1 saturated heterocycles. The van der Waals surface area contributed by atoms with Crippen LogP contribution in [0, 0.1) is 5.92 Å². The molecule has 6 nitrogen and oxygen atoms in total. The van der Waals surface area contributed by atoms with Crippen LogP contribution in [0.15, 0.2) is 0 Å². The molecule has 0 bridgehead atoms. The molecular formula is C16H31N3O3S2. The monoisotopic (exact) mass is 377 g/mol. The van der Waals surface area contributed by atoms with Crippen molar-refractivity contribution in [3.63, 3.8) is 0 Å². The van der Waals surface area contributed by atoms with E-state index < -0.39 is 10.2 Å². The predicted molar refractivity (Wildman–Crippen MR) is 99.2 cm³/mol. The maximum Gasteiger partial charge on any atom is 0.281 e. The van der Waals surface area contributed by atoms with Gasteiger partial charge in [-0.15, -0.1) is 0 Å². The summed E-state index contributed by atoms with van der Waals surface area (Å²) in [5.41, 5.74) is 0. The van der Waals surface area contributed by atoms with Gasteiger partial charge in [-0.25, -0.2) is 0 Å². The van der Waals surface area contributed by atoms with Crippen LogP contribution in [0.25, 0.3) is 0 Å². The molecule has 2 aliphatic rings. The van der Waals surface area contributed by atoms with Gasteiger partial charge in [0.1, 0.15) is 0 Å². The Morgan fingerprint density at radius 2 is 1.75 bits per heavy atom. The van der Waals surface area contributed by atoms with Gasteiger partial charge in [-0.3, -0.25) is 4.79 Å². The molecule has 0 radical (unpaired) electrons. The Bertz CT molecular complexity index is 497. The zero-order valence-electron chi connectivity index (χ0n) is 14.9. The number of thioether (sulfide) groups is 1. The van der Waals surface area contributed by atoms with Gasteiger partial charge >= 0.3 is 0 Å². The number of rotatable bonds is 7. The summed E-state index contributed by atoms with van der Waals surface area (Å²) in [4.78, 5) is 12.2. The largest absolute Gasteiger partial charge is 0.355 e. The van der Waals surface area contributed by atoms with Crippen LogP contribution in [0.2, 0.25) is 0 Å². The maximum absolute atomic E-state index is 12.2. The van der Waals surface area contributed by atoms with Crippen LogP contribution in [0.4, 0.5) is 0 Å². The first-order chi connectivity index (χ1) is 11.4. The molecule has 1 aliphatic carbocycles. The van der Waals surface area contributed by atoms with Gasteiger partial charge in [0.05, 0.1) is 0 Å². The van der Waals surface area contributed by atoms with Crippen molar-refractivity contribution in [2.75, 3.05) is 39.5 Å². The molecule has 0 aromatic rings. The van der Waals surface area contributed by atoms with Crippen molar-refractivity contribution >= 4 is 27.9 Å². The Hall–Kier alpha value is -0.310. The van der Waals surface area contributed by atoms with E-state index in [1.165, 1.54) is 54.8 Å². The van der Waals surface area contributed by atoms with Crippen molar-refractivity contribution < 1.29 is 13.2 Å². The molecule has 1 aliphatic heterocycles. The first kappa shape index (κ1) is 20.0. The van der Waals surface area contributed by atoms with Crippen LogP contribution in [-0.2, 0) is 15.0 Å². The van der Waals surface area contributed by atoms with Gasteiger partial charge in [-0.2, -0.15) is 28.8 Å². The smallest absolute Gasteiger partial charge is 0.281 e. The Balaban J connectivity index is 1.64. The van der Waals surface area contributed by atoms with E-state index in [2.05, 4.69) is 5.32 Å². The maximum atomic E-state index is 12.2.